The second-order valence-electron chi connectivity index (χ2n) is 13.4. The van der Waals surface area contributed by atoms with Gasteiger partial charge in [-0.3, -0.25) is 4.79 Å². The zero-order valence-electron chi connectivity index (χ0n) is 31.4. The lowest BCUT2D eigenvalue weighted by molar-refractivity contribution is -0.172. The van der Waals surface area contributed by atoms with Gasteiger partial charge in [-0.25, -0.2) is 27.6 Å². The van der Waals surface area contributed by atoms with Crippen LogP contribution in [0.4, 0.5) is 18.0 Å². The van der Waals surface area contributed by atoms with E-state index in [1.54, 1.807) is 31.2 Å². The Kier molecular flexibility index (Phi) is 15.5. The average molecular weight is 799 g/mol. The zero-order valence-corrected chi connectivity index (χ0v) is 32.2. The van der Waals surface area contributed by atoms with Gasteiger partial charge in [0.1, 0.15) is 30.1 Å². The average Bonchev–Trinajstić information content (AvgIpc) is 3.68. The second kappa shape index (κ2) is 20.4. The standard InChI is InChI=1S/C39H45F3N6O7S/c1-27(56-32-22-51-37(52-23-32)9-5-4-7-30-11-10-29(21-43)19-34(30)41)39(24-48-26-44-25-45-48,33-13-12-31(40)20-35(33)42)55-38(50)54-28(2)53-36(49)8-6-14-47-17-15-46(3)16-18-47/h4-5,7,9-13,19-20,25-28,32,37H,6,8,14-18,22-24H2,1-3H3/b7-4+,9-5+/t27-,28?,32?,37?,39-/m1/s1. The van der Waals surface area contributed by atoms with Crippen molar-refractivity contribution in [3.05, 3.63) is 101 Å². The first kappa shape index (κ1) is 42.4. The molecular weight excluding hydrogens is 754 g/mol. The van der Waals surface area contributed by atoms with Gasteiger partial charge in [-0.15, -0.1) is 11.8 Å². The van der Waals surface area contributed by atoms with Crippen molar-refractivity contribution in [3.63, 3.8) is 0 Å². The highest BCUT2D eigenvalue weighted by molar-refractivity contribution is 8.00. The minimum Gasteiger partial charge on any atom is -0.425 e. The van der Waals surface area contributed by atoms with Crippen LogP contribution in [0.25, 0.3) is 6.08 Å². The number of piperazine rings is 1. The molecule has 2 fully saturated rings. The van der Waals surface area contributed by atoms with Crippen LogP contribution in [-0.4, -0.2) is 113 Å². The van der Waals surface area contributed by atoms with Crippen molar-refractivity contribution in [1.29, 1.82) is 5.26 Å². The van der Waals surface area contributed by atoms with E-state index in [-0.39, 0.29) is 42.6 Å². The molecule has 3 atom stereocenters. The van der Waals surface area contributed by atoms with Gasteiger partial charge in [-0.1, -0.05) is 24.3 Å². The molecule has 1 aromatic heterocycles. The molecular formula is C39H45F3N6O7S. The summed E-state index contributed by atoms with van der Waals surface area (Å²) in [7, 11) is 2.07. The Hall–Kier alpha value is -4.73. The summed E-state index contributed by atoms with van der Waals surface area (Å²) in [6, 6.07) is 9.02. The molecule has 0 bridgehead atoms. The zero-order chi connectivity index (χ0) is 40.1. The number of halogens is 3. The lowest BCUT2D eigenvalue weighted by Crippen LogP contribution is -2.47. The Morgan fingerprint density at radius 3 is 2.50 bits per heavy atom. The third-order valence-corrected chi connectivity index (χ3v) is 10.7. The molecule has 0 saturated carbocycles. The normalized spacial score (nSPS) is 20.3. The topological polar surface area (TPSA) is 141 Å². The number of allylic oxidation sites excluding steroid dienone is 2. The van der Waals surface area contributed by atoms with Crippen molar-refractivity contribution in [2.24, 2.45) is 0 Å². The van der Waals surface area contributed by atoms with Crippen molar-refractivity contribution in [2.75, 3.05) is 53.0 Å². The molecule has 3 heterocycles. The summed E-state index contributed by atoms with van der Waals surface area (Å²) in [6.45, 7) is 7.71. The number of esters is 1. The van der Waals surface area contributed by atoms with Crippen molar-refractivity contribution < 1.29 is 46.4 Å². The predicted octanol–water partition coefficient (Wildman–Crippen LogP) is 5.67. The molecule has 0 aliphatic carbocycles. The second-order valence-corrected chi connectivity index (χ2v) is 15.1. The molecule has 56 heavy (non-hydrogen) atoms. The van der Waals surface area contributed by atoms with E-state index in [4.69, 9.17) is 28.9 Å². The Labute approximate surface area is 328 Å². The summed E-state index contributed by atoms with van der Waals surface area (Å²) >= 11 is 1.28. The SMILES string of the molecule is CC(OC(=O)CCCN1CCN(C)CC1)OC(=O)O[C@@](Cn1cncn1)(c1ccc(F)cc1F)[C@@H](C)SC1COC(/C=C/C=C/c2ccc(C#N)cc2F)OC1. The number of aromatic nitrogens is 3. The van der Waals surface area contributed by atoms with E-state index in [9.17, 15) is 18.4 Å². The number of carbonyl (C=O) groups is 2. The molecule has 0 N–H and O–H groups in total. The molecule has 2 saturated heterocycles. The fourth-order valence-corrected chi connectivity index (χ4v) is 7.58. The first-order valence-corrected chi connectivity index (χ1v) is 19.1. The number of likely N-dealkylation sites (N-methyl/N-ethyl adjacent to an activating group) is 1. The summed E-state index contributed by atoms with van der Waals surface area (Å²) in [6.07, 6.45) is 6.48. The number of hydrogen-bond donors (Lipinski definition) is 0. The first-order chi connectivity index (χ1) is 26.9. The van der Waals surface area contributed by atoms with Crippen molar-refractivity contribution in [3.8, 4) is 6.07 Å². The van der Waals surface area contributed by atoms with Gasteiger partial charge in [0, 0.05) is 62.0 Å². The molecule has 13 nitrogen and oxygen atoms in total. The fraction of sp³-hybridized carbons (Fsp3) is 0.462. The summed E-state index contributed by atoms with van der Waals surface area (Å²) in [5.41, 5.74) is -1.47. The lowest BCUT2D eigenvalue weighted by atomic mass is 9.89. The van der Waals surface area contributed by atoms with Crippen LogP contribution in [0.5, 0.6) is 0 Å². The number of carbonyl (C=O) groups excluding carboxylic acids is 2. The maximum atomic E-state index is 15.7. The first-order valence-electron chi connectivity index (χ1n) is 18.1. The molecule has 2 aliphatic rings. The molecule has 2 aromatic carbocycles. The van der Waals surface area contributed by atoms with E-state index in [2.05, 4.69) is 26.9 Å². The van der Waals surface area contributed by atoms with Crippen molar-refractivity contribution in [2.45, 2.75) is 61.9 Å². The van der Waals surface area contributed by atoms with Crippen LogP contribution < -0.4 is 0 Å². The molecule has 17 heteroatoms. The van der Waals surface area contributed by atoms with Crippen LogP contribution in [0.15, 0.2) is 67.3 Å². The van der Waals surface area contributed by atoms with Crippen LogP contribution >= 0.6 is 11.8 Å². The number of thioether (sulfide) groups is 1. The minimum atomic E-state index is -1.86. The van der Waals surface area contributed by atoms with Gasteiger partial charge in [-0.2, -0.15) is 10.4 Å². The Morgan fingerprint density at radius 2 is 1.82 bits per heavy atom. The number of benzene rings is 2. The van der Waals surface area contributed by atoms with Crippen LogP contribution in [0.3, 0.4) is 0 Å². The molecule has 5 rings (SSSR count). The molecule has 1 unspecified atom stereocenters. The molecule has 3 aromatic rings. The van der Waals surface area contributed by atoms with Gasteiger partial charge < -0.3 is 33.5 Å². The Morgan fingerprint density at radius 1 is 1.05 bits per heavy atom. The minimum absolute atomic E-state index is 0.122. The van der Waals surface area contributed by atoms with E-state index in [1.807, 2.05) is 6.07 Å². The van der Waals surface area contributed by atoms with E-state index < -0.39 is 53.0 Å². The molecule has 0 spiro atoms. The quantitative estimate of drug-likeness (QED) is 0.100. The molecule has 0 amide bonds. The monoisotopic (exact) mass is 798 g/mol. The van der Waals surface area contributed by atoms with E-state index in [0.29, 0.717) is 18.1 Å². The molecule has 0 radical (unpaired) electrons. The third-order valence-electron chi connectivity index (χ3n) is 9.26. The Balaban J connectivity index is 1.23. The number of nitriles is 1. The predicted molar refractivity (Wildman–Crippen MR) is 200 cm³/mol. The lowest BCUT2D eigenvalue weighted by Gasteiger charge is -2.40. The summed E-state index contributed by atoms with van der Waals surface area (Å²) < 4.78 is 74.0. The van der Waals surface area contributed by atoms with E-state index in [0.717, 1.165) is 44.9 Å². The number of ether oxygens (including phenoxy) is 5. The van der Waals surface area contributed by atoms with E-state index in [1.165, 1.54) is 54.2 Å². The molecule has 2 aliphatic heterocycles. The largest absolute Gasteiger partial charge is 0.512 e. The highest BCUT2D eigenvalue weighted by Crippen LogP contribution is 2.42. The van der Waals surface area contributed by atoms with Gasteiger partial charge in [0.2, 0.25) is 6.29 Å². The third kappa shape index (κ3) is 12.1. The highest BCUT2D eigenvalue weighted by Gasteiger charge is 2.47. The maximum absolute atomic E-state index is 15.7. The maximum Gasteiger partial charge on any atom is 0.512 e. The van der Waals surface area contributed by atoms with Crippen LogP contribution in [-0.2, 0) is 40.6 Å². The fourth-order valence-electron chi connectivity index (χ4n) is 6.22. The van der Waals surface area contributed by atoms with Gasteiger partial charge in [0.05, 0.1) is 36.6 Å². The van der Waals surface area contributed by atoms with Crippen LogP contribution in [0.2, 0.25) is 0 Å². The van der Waals surface area contributed by atoms with Gasteiger partial charge in [0.15, 0.2) is 11.9 Å². The number of rotatable bonds is 16. The highest BCUT2D eigenvalue weighted by atomic mass is 32.2. The molecule has 300 valence electrons. The van der Waals surface area contributed by atoms with Gasteiger partial charge >= 0.3 is 12.1 Å². The van der Waals surface area contributed by atoms with Crippen molar-refractivity contribution in [1.82, 2.24) is 24.6 Å². The number of nitrogens with zero attached hydrogens (tertiary/aromatic N) is 6. The smallest absolute Gasteiger partial charge is 0.425 e. The van der Waals surface area contributed by atoms with E-state index >= 15 is 4.39 Å². The Bertz CT molecular complexity index is 1860. The number of hydrogen-bond acceptors (Lipinski definition) is 13. The van der Waals surface area contributed by atoms with Crippen LogP contribution in [0, 0.1) is 28.8 Å². The van der Waals surface area contributed by atoms with Gasteiger partial charge in [-0.05, 0) is 57.3 Å². The summed E-state index contributed by atoms with van der Waals surface area (Å²) in [4.78, 5) is 34.6. The summed E-state index contributed by atoms with van der Waals surface area (Å²) in [5.74, 6) is -2.88. The van der Waals surface area contributed by atoms with Gasteiger partial charge in [0.25, 0.3) is 0 Å². The van der Waals surface area contributed by atoms with Crippen LogP contribution in [0.1, 0.15) is 43.4 Å². The summed E-state index contributed by atoms with van der Waals surface area (Å²) in [5, 5.41) is 12.0. The van der Waals surface area contributed by atoms with Crippen molar-refractivity contribution >= 4 is 30.0 Å².